The Bertz CT molecular complexity index is 927. The van der Waals surface area contributed by atoms with Crippen LogP contribution in [0.3, 0.4) is 0 Å². The molecular weight excluding hydrogens is 290 g/mol. The van der Waals surface area contributed by atoms with Crippen LogP contribution in [0.15, 0.2) is 52.9 Å². The van der Waals surface area contributed by atoms with Gasteiger partial charge in [-0.2, -0.15) is 5.26 Å². The molecule has 0 N–H and O–H groups in total. The molecular formula is C19H13NO3. The van der Waals surface area contributed by atoms with Crippen molar-refractivity contribution in [2.45, 2.75) is 0 Å². The lowest BCUT2D eigenvalue weighted by Crippen LogP contribution is -2.00. The van der Waals surface area contributed by atoms with Crippen molar-refractivity contribution in [2.24, 2.45) is 0 Å². The van der Waals surface area contributed by atoms with Gasteiger partial charge in [-0.25, -0.2) is 4.79 Å². The van der Waals surface area contributed by atoms with Crippen molar-refractivity contribution < 1.29 is 13.9 Å². The standard InChI is InChI=1S/C19H13NO3/c1-22-19(21)15-6-2-13(3-7-15)4-8-17-11-16-10-14(12-20)5-9-18(16)23-17/h2-11H,1H3/b8-4+. The Morgan fingerprint density at radius 1 is 1.13 bits per heavy atom. The Morgan fingerprint density at radius 3 is 2.61 bits per heavy atom. The van der Waals surface area contributed by atoms with Crippen LogP contribution in [0.5, 0.6) is 0 Å². The van der Waals surface area contributed by atoms with E-state index in [1.54, 1.807) is 30.3 Å². The zero-order valence-electron chi connectivity index (χ0n) is 12.4. The van der Waals surface area contributed by atoms with Gasteiger partial charge in [-0.15, -0.1) is 0 Å². The first-order valence-electron chi connectivity index (χ1n) is 7.00. The van der Waals surface area contributed by atoms with E-state index >= 15 is 0 Å². The molecule has 4 nitrogen and oxygen atoms in total. The normalized spacial score (nSPS) is 10.8. The number of fused-ring (bicyclic) bond motifs is 1. The number of carbonyl (C=O) groups excluding carboxylic acids is 1. The molecule has 2 aromatic carbocycles. The smallest absolute Gasteiger partial charge is 0.337 e. The van der Waals surface area contributed by atoms with Crippen LogP contribution in [-0.4, -0.2) is 13.1 Å². The molecule has 0 atom stereocenters. The van der Waals surface area contributed by atoms with Crippen LogP contribution in [0.4, 0.5) is 0 Å². The highest BCUT2D eigenvalue weighted by Crippen LogP contribution is 2.22. The lowest BCUT2D eigenvalue weighted by molar-refractivity contribution is 0.0600. The zero-order chi connectivity index (χ0) is 16.2. The SMILES string of the molecule is COC(=O)c1ccc(/C=C/c2cc3cc(C#N)ccc3o2)cc1. The van der Waals surface area contributed by atoms with Crippen molar-refractivity contribution in [1.82, 2.24) is 0 Å². The van der Waals surface area contributed by atoms with Gasteiger partial charge >= 0.3 is 5.97 Å². The Hall–Kier alpha value is -3.32. The number of hydrogen-bond donors (Lipinski definition) is 0. The van der Waals surface area contributed by atoms with Gasteiger partial charge in [0.25, 0.3) is 0 Å². The van der Waals surface area contributed by atoms with Crippen molar-refractivity contribution in [3.8, 4) is 6.07 Å². The molecule has 0 aliphatic heterocycles. The van der Waals surface area contributed by atoms with Crippen LogP contribution >= 0.6 is 0 Å². The first-order chi connectivity index (χ1) is 11.2. The average Bonchev–Trinajstić information content (AvgIpc) is 3.01. The molecule has 23 heavy (non-hydrogen) atoms. The average molecular weight is 303 g/mol. The van der Waals surface area contributed by atoms with Gasteiger partial charge in [-0.1, -0.05) is 18.2 Å². The number of nitrogens with zero attached hydrogens (tertiary/aromatic N) is 1. The monoisotopic (exact) mass is 303 g/mol. The molecule has 3 aromatic rings. The minimum Gasteiger partial charge on any atom is -0.465 e. The van der Waals surface area contributed by atoms with Gasteiger partial charge in [0.05, 0.1) is 24.3 Å². The maximum absolute atomic E-state index is 11.4. The van der Waals surface area contributed by atoms with Gasteiger partial charge in [0, 0.05) is 5.39 Å². The molecule has 0 aliphatic rings. The Morgan fingerprint density at radius 2 is 1.91 bits per heavy atom. The number of ether oxygens (including phenoxy) is 1. The van der Waals surface area contributed by atoms with E-state index < -0.39 is 0 Å². The van der Waals surface area contributed by atoms with E-state index in [1.807, 2.05) is 30.4 Å². The Labute approximate surface area is 133 Å². The Balaban J connectivity index is 1.82. The van der Waals surface area contributed by atoms with E-state index in [9.17, 15) is 4.79 Å². The number of benzene rings is 2. The molecule has 0 spiro atoms. The quantitative estimate of drug-likeness (QED) is 0.678. The summed E-state index contributed by atoms with van der Waals surface area (Å²) in [6.45, 7) is 0. The highest BCUT2D eigenvalue weighted by atomic mass is 16.5. The largest absolute Gasteiger partial charge is 0.465 e. The summed E-state index contributed by atoms with van der Waals surface area (Å²) in [7, 11) is 1.36. The maximum Gasteiger partial charge on any atom is 0.337 e. The molecule has 1 heterocycles. The topological polar surface area (TPSA) is 63.2 Å². The van der Waals surface area contributed by atoms with Crippen LogP contribution in [0.25, 0.3) is 23.1 Å². The van der Waals surface area contributed by atoms with Gasteiger partial charge in [0.2, 0.25) is 0 Å². The first-order valence-corrected chi connectivity index (χ1v) is 7.00. The third-order valence-electron chi connectivity index (χ3n) is 3.44. The summed E-state index contributed by atoms with van der Waals surface area (Å²) in [6, 6.07) is 16.4. The summed E-state index contributed by atoms with van der Waals surface area (Å²) in [5.74, 6) is 0.346. The molecule has 0 radical (unpaired) electrons. The number of esters is 1. The molecule has 0 aliphatic carbocycles. The summed E-state index contributed by atoms with van der Waals surface area (Å²) >= 11 is 0. The van der Waals surface area contributed by atoms with Crippen molar-refractivity contribution in [3.63, 3.8) is 0 Å². The molecule has 0 fully saturated rings. The first kappa shape index (κ1) is 14.6. The molecule has 0 saturated carbocycles. The summed E-state index contributed by atoms with van der Waals surface area (Å²) in [4.78, 5) is 11.4. The minimum atomic E-state index is -0.355. The van der Waals surface area contributed by atoms with E-state index in [4.69, 9.17) is 9.68 Å². The summed E-state index contributed by atoms with van der Waals surface area (Å²) in [5, 5.41) is 9.80. The lowest BCUT2D eigenvalue weighted by Gasteiger charge is -1.99. The Kier molecular flexibility index (Phi) is 3.94. The van der Waals surface area contributed by atoms with Crippen molar-refractivity contribution >= 4 is 29.1 Å². The molecule has 0 bridgehead atoms. The molecule has 4 heteroatoms. The fourth-order valence-electron chi connectivity index (χ4n) is 2.24. The van der Waals surface area contributed by atoms with Crippen LogP contribution in [0, 0.1) is 11.3 Å². The molecule has 0 unspecified atom stereocenters. The van der Waals surface area contributed by atoms with E-state index in [0.29, 0.717) is 16.9 Å². The molecule has 1 aromatic heterocycles. The molecule has 3 rings (SSSR count). The van der Waals surface area contributed by atoms with E-state index in [0.717, 1.165) is 16.5 Å². The summed E-state index contributed by atoms with van der Waals surface area (Å²) in [6.07, 6.45) is 3.74. The molecule has 0 saturated heterocycles. The van der Waals surface area contributed by atoms with Gasteiger partial charge in [-0.05, 0) is 48.0 Å². The number of furan rings is 1. The number of nitriles is 1. The second kappa shape index (κ2) is 6.20. The summed E-state index contributed by atoms with van der Waals surface area (Å²) < 4.78 is 10.4. The third kappa shape index (κ3) is 3.14. The van der Waals surface area contributed by atoms with E-state index in [-0.39, 0.29) is 5.97 Å². The number of rotatable bonds is 3. The van der Waals surface area contributed by atoms with Crippen molar-refractivity contribution in [2.75, 3.05) is 7.11 Å². The molecule has 112 valence electrons. The predicted molar refractivity (Wildman–Crippen MR) is 87.6 cm³/mol. The predicted octanol–water partition coefficient (Wildman–Crippen LogP) is 4.26. The van der Waals surface area contributed by atoms with Crippen LogP contribution in [0.1, 0.15) is 27.2 Å². The fourth-order valence-corrected chi connectivity index (χ4v) is 2.24. The molecule has 0 amide bonds. The van der Waals surface area contributed by atoms with Gasteiger partial charge in [-0.3, -0.25) is 0 Å². The van der Waals surface area contributed by atoms with Crippen molar-refractivity contribution in [1.29, 1.82) is 5.26 Å². The number of carbonyl (C=O) groups is 1. The summed E-state index contributed by atoms with van der Waals surface area (Å²) in [5.41, 5.74) is 2.80. The zero-order valence-corrected chi connectivity index (χ0v) is 12.4. The van der Waals surface area contributed by atoms with E-state index in [2.05, 4.69) is 10.8 Å². The van der Waals surface area contributed by atoms with Crippen molar-refractivity contribution in [3.05, 3.63) is 71.0 Å². The minimum absolute atomic E-state index is 0.355. The maximum atomic E-state index is 11.4. The lowest BCUT2D eigenvalue weighted by atomic mass is 10.1. The van der Waals surface area contributed by atoms with Gasteiger partial charge in [0.1, 0.15) is 11.3 Å². The highest BCUT2D eigenvalue weighted by molar-refractivity contribution is 5.89. The van der Waals surface area contributed by atoms with Gasteiger partial charge in [0.15, 0.2) is 0 Å². The van der Waals surface area contributed by atoms with E-state index in [1.165, 1.54) is 7.11 Å². The highest BCUT2D eigenvalue weighted by Gasteiger charge is 2.04. The van der Waals surface area contributed by atoms with Crippen LogP contribution in [-0.2, 0) is 4.74 Å². The number of methoxy groups -OCH3 is 1. The third-order valence-corrected chi connectivity index (χ3v) is 3.44. The second-order valence-corrected chi connectivity index (χ2v) is 4.96. The number of hydrogen-bond acceptors (Lipinski definition) is 4. The van der Waals surface area contributed by atoms with Crippen LogP contribution in [0.2, 0.25) is 0 Å². The van der Waals surface area contributed by atoms with Gasteiger partial charge < -0.3 is 9.15 Å². The van der Waals surface area contributed by atoms with Crippen LogP contribution < -0.4 is 0 Å². The fraction of sp³-hybridized carbons (Fsp3) is 0.0526. The second-order valence-electron chi connectivity index (χ2n) is 4.96.